The summed E-state index contributed by atoms with van der Waals surface area (Å²) in [5, 5.41) is 3.58. The zero-order chi connectivity index (χ0) is 13.5. The molecule has 1 saturated heterocycles. The molecule has 19 heavy (non-hydrogen) atoms. The molecule has 1 aromatic heterocycles. The minimum absolute atomic E-state index is 0.695. The minimum Gasteiger partial charge on any atom is -0.334 e. The van der Waals surface area contributed by atoms with Gasteiger partial charge in [0, 0.05) is 31.9 Å². The summed E-state index contributed by atoms with van der Waals surface area (Å²) in [6, 6.07) is 0.695. The van der Waals surface area contributed by atoms with Crippen molar-refractivity contribution in [2.75, 3.05) is 19.6 Å². The molecule has 1 atom stereocenters. The highest BCUT2D eigenvalue weighted by Gasteiger charge is 2.22. The lowest BCUT2D eigenvalue weighted by molar-refractivity contribution is 0.134. The summed E-state index contributed by atoms with van der Waals surface area (Å²) in [7, 11) is 0. The van der Waals surface area contributed by atoms with Crippen molar-refractivity contribution in [1.82, 2.24) is 19.8 Å². The molecule has 0 saturated carbocycles. The van der Waals surface area contributed by atoms with Crippen molar-refractivity contribution in [1.29, 1.82) is 0 Å². The average molecular weight is 264 g/mol. The normalized spacial score (nSPS) is 20.8. The summed E-state index contributed by atoms with van der Waals surface area (Å²) in [5.74, 6) is 0. The number of aryl methyl sites for hydroxylation is 1. The Morgan fingerprint density at radius 3 is 3.05 bits per heavy atom. The number of nitrogens with zero attached hydrogens (tertiary/aromatic N) is 3. The lowest BCUT2D eigenvalue weighted by Crippen LogP contribution is -2.45. The molecular weight excluding hydrogens is 236 g/mol. The van der Waals surface area contributed by atoms with Gasteiger partial charge in [0.25, 0.3) is 0 Å². The summed E-state index contributed by atoms with van der Waals surface area (Å²) in [6.07, 6.45) is 9.23. The lowest BCUT2D eigenvalue weighted by Gasteiger charge is -2.36. The third kappa shape index (κ3) is 4.05. The third-order valence-electron chi connectivity index (χ3n) is 4.06. The quantitative estimate of drug-likeness (QED) is 0.767. The third-order valence-corrected chi connectivity index (χ3v) is 4.06. The number of hydrogen-bond donors (Lipinski definition) is 1. The van der Waals surface area contributed by atoms with Crippen LogP contribution in [0, 0.1) is 0 Å². The van der Waals surface area contributed by atoms with Crippen LogP contribution in [0.3, 0.4) is 0 Å². The number of piperidine rings is 1. The van der Waals surface area contributed by atoms with Gasteiger partial charge in [-0.15, -0.1) is 0 Å². The Morgan fingerprint density at radius 2 is 2.26 bits per heavy atom. The fraction of sp³-hybridized carbons (Fsp3) is 0.800. The summed E-state index contributed by atoms with van der Waals surface area (Å²) in [5.41, 5.74) is 1.35. The van der Waals surface area contributed by atoms with E-state index in [1.807, 2.05) is 12.5 Å². The zero-order valence-electron chi connectivity index (χ0n) is 12.4. The largest absolute Gasteiger partial charge is 0.334 e. The van der Waals surface area contributed by atoms with Gasteiger partial charge in [-0.05, 0) is 39.3 Å². The van der Waals surface area contributed by atoms with Crippen molar-refractivity contribution in [3.8, 4) is 0 Å². The maximum absolute atomic E-state index is 4.28. The SMILES string of the molecule is CCCNCC1CCCCN1Cc1cncn1CC. The number of hydrogen-bond acceptors (Lipinski definition) is 3. The van der Waals surface area contributed by atoms with Crippen LogP contribution in [0.15, 0.2) is 12.5 Å². The number of likely N-dealkylation sites (tertiary alicyclic amines) is 1. The first-order valence-electron chi connectivity index (χ1n) is 7.79. The van der Waals surface area contributed by atoms with E-state index in [0.717, 1.165) is 26.2 Å². The molecule has 4 nitrogen and oxygen atoms in total. The van der Waals surface area contributed by atoms with Crippen LogP contribution in [0.4, 0.5) is 0 Å². The fourth-order valence-electron chi connectivity index (χ4n) is 2.92. The highest BCUT2D eigenvalue weighted by molar-refractivity contribution is 4.99. The molecule has 0 amide bonds. The van der Waals surface area contributed by atoms with E-state index in [9.17, 15) is 0 Å². The Kier molecular flexibility index (Phi) is 5.86. The predicted octanol–water partition coefficient (Wildman–Crippen LogP) is 2.26. The van der Waals surface area contributed by atoms with E-state index < -0.39 is 0 Å². The van der Waals surface area contributed by atoms with E-state index in [4.69, 9.17) is 0 Å². The molecule has 0 spiro atoms. The van der Waals surface area contributed by atoms with Gasteiger partial charge in [0.05, 0.1) is 12.0 Å². The second-order valence-electron chi connectivity index (χ2n) is 5.50. The van der Waals surface area contributed by atoms with Gasteiger partial charge in [-0.2, -0.15) is 0 Å². The molecular formula is C15H28N4. The first-order valence-corrected chi connectivity index (χ1v) is 7.79. The van der Waals surface area contributed by atoms with E-state index in [1.165, 1.54) is 37.9 Å². The molecule has 1 aliphatic heterocycles. The van der Waals surface area contributed by atoms with Crippen molar-refractivity contribution in [2.24, 2.45) is 0 Å². The molecule has 0 radical (unpaired) electrons. The van der Waals surface area contributed by atoms with Gasteiger partial charge in [0.1, 0.15) is 0 Å². The minimum atomic E-state index is 0.695. The van der Waals surface area contributed by atoms with Gasteiger partial charge >= 0.3 is 0 Å². The van der Waals surface area contributed by atoms with E-state index in [1.54, 1.807) is 0 Å². The second-order valence-corrected chi connectivity index (χ2v) is 5.50. The van der Waals surface area contributed by atoms with Crippen LogP contribution in [0.1, 0.15) is 45.2 Å². The monoisotopic (exact) mass is 264 g/mol. The van der Waals surface area contributed by atoms with E-state index >= 15 is 0 Å². The van der Waals surface area contributed by atoms with Crippen molar-refractivity contribution in [2.45, 2.75) is 58.7 Å². The van der Waals surface area contributed by atoms with Crippen molar-refractivity contribution in [3.05, 3.63) is 18.2 Å². The molecule has 2 rings (SSSR count). The van der Waals surface area contributed by atoms with Crippen LogP contribution in [0.25, 0.3) is 0 Å². The first kappa shape index (κ1) is 14.5. The number of aromatic nitrogens is 2. The van der Waals surface area contributed by atoms with Crippen LogP contribution in [-0.2, 0) is 13.1 Å². The highest BCUT2D eigenvalue weighted by atomic mass is 15.2. The van der Waals surface area contributed by atoms with E-state index in [-0.39, 0.29) is 0 Å². The summed E-state index contributed by atoms with van der Waals surface area (Å²) < 4.78 is 2.26. The van der Waals surface area contributed by atoms with Crippen LogP contribution in [-0.4, -0.2) is 40.1 Å². The molecule has 108 valence electrons. The average Bonchev–Trinajstić information content (AvgIpc) is 2.88. The highest BCUT2D eigenvalue weighted by Crippen LogP contribution is 2.19. The Labute approximate surface area is 117 Å². The Balaban J connectivity index is 1.91. The summed E-state index contributed by atoms with van der Waals surface area (Å²) in [6.45, 7) is 9.97. The fourth-order valence-corrected chi connectivity index (χ4v) is 2.92. The molecule has 0 aliphatic carbocycles. The number of imidazole rings is 1. The number of nitrogens with one attached hydrogen (secondary N) is 1. The van der Waals surface area contributed by atoms with Gasteiger partial charge in [-0.3, -0.25) is 4.90 Å². The van der Waals surface area contributed by atoms with Gasteiger partial charge in [-0.25, -0.2) is 4.98 Å². The maximum atomic E-state index is 4.28. The van der Waals surface area contributed by atoms with Gasteiger partial charge in [0.15, 0.2) is 0 Å². The Bertz CT molecular complexity index is 361. The Hall–Kier alpha value is -0.870. The maximum Gasteiger partial charge on any atom is 0.0948 e. The van der Waals surface area contributed by atoms with Crippen LogP contribution in [0.5, 0.6) is 0 Å². The smallest absolute Gasteiger partial charge is 0.0948 e. The molecule has 1 fully saturated rings. The number of rotatable bonds is 7. The molecule has 1 unspecified atom stereocenters. The second kappa shape index (κ2) is 7.65. The zero-order valence-corrected chi connectivity index (χ0v) is 12.4. The molecule has 0 bridgehead atoms. The van der Waals surface area contributed by atoms with Crippen LogP contribution < -0.4 is 5.32 Å². The van der Waals surface area contributed by atoms with E-state index in [2.05, 4.69) is 33.6 Å². The van der Waals surface area contributed by atoms with Crippen LogP contribution in [0.2, 0.25) is 0 Å². The van der Waals surface area contributed by atoms with Gasteiger partial charge in [0.2, 0.25) is 0 Å². The van der Waals surface area contributed by atoms with Crippen molar-refractivity contribution in [3.63, 3.8) is 0 Å². The summed E-state index contributed by atoms with van der Waals surface area (Å²) >= 11 is 0. The topological polar surface area (TPSA) is 33.1 Å². The predicted molar refractivity (Wildman–Crippen MR) is 79.1 cm³/mol. The van der Waals surface area contributed by atoms with Crippen molar-refractivity contribution < 1.29 is 0 Å². The van der Waals surface area contributed by atoms with Gasteiger partial charge in [-0.1, -0.05) is 13.3 Å². The molecule has 0 aromatic carbocycles. The Morgan fingerprint density at radius 1 is 1.37 bits per heavy atom. The van der Waals surface area contributed by atoms with Gasteiger partial charge < -0.3 is 9.88 Å². The first-order chi connectivity index (χ1) is 9.35. The standard InChI is InChI=1S/C15H28N4/c1-3-8-16-10-14-7-5-6-9-19(14)12-15-11-17-13-18(15)4-2/h11,13-14,16H,3-10,12H2,1-2H3. The van der Waals surface area contributed by atoms with E-state index in [0.29, 0.717) is 6.04 Å². The van der Waals surface area contributed by atoms with Crippen molar-refractivity contribution >= 4 is 0 Å². The lowest BCUT2D eigenvalue weighted by atomic mass is 10.0. The molecule has 2 heterocycles. The molecule has 1 aromatic rings. The molecule has 1 N–H and O–H groups in total. The summed E-state index contributed by atoms with van der Waals surface area (Å²) in [4.78, 5) is 6.91. The molecule has 1 aliphatic rings. The molecule has 4 heteroatoms. The van der Waals surface area contributed by atoms with Crippen LogP contribution >= 0.6 is 0 Å².